The Hall–Kier alpha value is -3.03. The Morgan fingerprint density at radius 3 is 2.58 bits per heavy atom. The lowest BCUT2D eigenvalue weighted by Crippen LogP contribution is -2.05. The molecule has 0 unspecified atom stereocenters. The quantitative estimate of drug-likeness (QED) is 0.379. The summed E-state index contributed by atoms with van der Waals surface area (Å²) in [5.41, 5.74) is 2.56. The van der Waals surface area contributed by atoms with E-state index in [0.29, 0.717) is 33.4 Å². The van der Waals surface area contributed by atoms with Crippen LogP contribution in [0.3, 0.4) is 0 Å². The molecule has 0 aliphatic heterocycles. The Morgan fingerprint density at radius 2 is 1.87 bits per heavy atom. The average Bonchev–Trinajstić information content (AvgIpc) is 3.19. The van der Waals surface area contributed by atoms with E-state index in [1.165, 1.54) is 17.8 Å². The van der Waals surface area contributed by atoms with E-state index in [4.69, 9.17) is 16.0 Å². The first-order valence-corrected chi connectivity index (χ1v) is 11.0. The summed E-state index contributed by atoms with van der Waals surface area (Å²) >= 11 is 7.47. The topological polar surface area (TPSA) is 81.2 Å². The van der Waals surface area contributed by atoms with Crippen LogP contribution in [0.4, 0.5) is 0 Å². The van der Waals surface area contributed by atoms with Crippen molar-refractivity contribution in [3.63, 3.8) is 0 Å². The van der Waals surface area contributed by atoms with Gasteiger partial charge in [0.15, 0.2) is 16.7 Å². The van der Waals surface area contributed by atoms with Crippen LogP contribution in [0.1, 0.15) is 31.1 Å². The molecule has 8 heteroatoms. The van der Waals surface area contributed by atoms with Gasteiger partial charge in [-0.25, -0.2) is 0 Å². The van der Waals surface area contributed by atoms with Gasteiger partial charge in [0.25, 0.3) is 0 Å². The smallest absolute Gasteiger partial charge is 0.226 e. The van der Waals surface area contributed by atoms with Crippen molar-refractivity contribution in [2.45, 2.75) is 30.7 Å². The molecule has 0 spiro atoms. The van der Waals surface area contributed by atoms with E-state index in [1.807, 2.05) is 47.0 Å². The predicted molar refractivity (Wildman–Crippen MR) is 122 cm³/mol. The molecular formula is C23H20ClN3O3S. The predicted octanol–water partition coefficient (Wildman–Crippen LogP) is 5.66. The number of aromatic hydroxyl groups is 1. The lowest BCUT2D eigenvalue weighted by Gasteiger charge is -2.17. The highest BCUT2D eigenvalue weighted by molar-refractivity contribution is 7.98. The normalized spacial score (nSPS) is 11.2. The molecule has 0 saturated heterocycles. The van der Waals surface area contributed by atoms with E-state index >= 15 is 0 Å². The summed E-state index contributed by atoms with van der Waals surface area (Å²) in [4.78, 5) is 11.7. The molecule has 4 aromatic rings. The molecule has 0 aliphatic carbocycles. The second-order valence-corrected chi connectivity index (χ2v) is 8.63. The summed E-state index contributed by atoms with van der Waals surface area (Å²) < 4.78 is 7.35. The van der Waals surface area contributed by atoms with E-state index in [2.05, 4.69) is 30.1 Å². The zero-order chi connectivity index (χ0) is 22.0. The standard InChI is InChI=1S/C23H20ClN3O3S/c1-14(2)18-5-3-4-6-19(18)27-22(15-7-9-16(24)10-8-15)25-26-23(27)31-13-17-11-20(28)21(29)12-30-17/h3-12,14,29H,13H2,1-2H3. The molecule has 1 N–H and O–H groups in total. The highest BCUT2D eigenvalue weighted by atomic mass is 35.5. The third-order valence-electron chi connectivity index (χ3n) is 4.75. The van der Waals surface area contributed by atoms with Crippen molar-refractivity contribution >= 4 is 23.4 Å². The molecule has 0 amide bonds. The fourth-order valence-corrected chi connectivity index (χ4v) is 4.16. The van der Waals surface area contributed by atoms with Crippen LogP contribution in [-0.2, 0) is 5.75 Å². The van der Waals surface area contributed by atoms with Crippen LogP contribution in [0.5, 0.6) is 5.75 Å². The Labute approximate surface area is 188 Å². The molecule has 158 valence electrons. The second kappa shape index (κ2) is 8.99. The fourth-order valence-electron chi connectivity index (χ4n) is 3.20. The molecule has 0 saturated carbocycles. The number of thioether (sulfide) groups is 1. The molecule has 0 aliphatic rings. The molecule has 0 bridgehead atoms. The maximum absolute atomic E-state index is 11.7. The number of benzene rings is 2. The molecule has 4 rings (SSSR count). The van der Waals surface area contributed by atoms with Gasteiger partial charge in [-0.05, 0) is 41.8 Å². The highest BCUT2D eigenvalue weighted by Gasteiger charge is 2.20. The van der Waals surface area contributed by atoms with Crippen molar-refractivity contribution in [1.82, 2.24) is 14.8 Å². The number of para-hydroxylation sites is 1. The lowest BCUT2D eigenvalue weighted by atomic mass is 10.0. The van der Waals surface area contributed by atoms with E-state index < -0.39 is 11.2 Å². The molecule has 2 heterocycles. The molecule has 6 nitrogen and oxygen atoms in total. The van der Waals surface area contributed by atoms with Crippen molar-refractivity contribution in [2.24, 2.45) is 0 Å². The zero-order valence-corrected chi connectivity index (χ0v) is 18.5. The van der Waals surface area contributed by atoms with Gasteiger partial charge in [-0.1, -0.05) is 55.4 Å². The van der Waals surface area contributed by atoms with E-state index in [0.717, 1.165) is 23.1 Å². The Morgan fingerprint density at radius 1 is 1.13 bits per heavy atom. The van der Waals surface area contributed by atoms with E-state index in [9.17, 15) is 9.90 Å². The summed E-state index contributed by atoms with van der Waals surface area (Å²) in [5.74, 6) is 1.38. The third kappa shape index (κ3) is 4.52. The first kappa shape index (κ1) is 21.2. The Bertz CT molecular complexity index is 1270. The number of hydrogen-bond donors (Lipinski definition) is 1. The van der Waals surface area contributed by atoms with E-state index in [-0.39, 0.29) is 0 Å². The minimum absolute atomic E-state index is 0.296. The average molecular weight is 454 g/mol. The van der Waals surface area contributed by atoms with Gasteiger partial charge in [0.1, 0.15) is 12.0 Å². The van der Waals surface area contributed by atoms with Gasteiger partial charge < -0.3 is 9.52 Å². The number of rotatable bonds is 6. The molecule has 31 heavy (non-hydrogen) atoms. The van der Waals surface area contributed by atoms with Crippen molar-refractivity contribution in [1.29, 1.82) is 0 Å². The summed E-state index contributed by atoms with van der Waals surface area (Å²) in [5, 5.41) is 19.6. The molecule has 2 aromatic carbocycles. The molecule has 2 aromatic heterocycles. The number of halogens is 1. The van der Waals surface area contributed by atoms with Crippen LogP contribution >= 0.6 is 23.4 Å². The van der Waals surface area contributed by atoms with Gasteiger partial charge in [-0.3, -0.25) is 9.36 Å². The molecular weight excluding hydrogens is 434 g/mol. The monoisotopic (exact) mass is 453 g/mol. The van der Waals surface area contributed by atoms with Crippen LogP contribution < -0.4 is 5.43 Å². The van der Waals surface area contributed by atoms with Crippen LogP contribution in [0.2, 0.25) is 5.02 Å². The number of hydrogen-bond acceptors (Lipinski definition) is 6. The first-order valence-electron chi connectivity index (χ1n) is 9.68. The molecule has 0 fully saturated rings. The summed E-state index contributed by atoms with van der Waals surface area (Å²) in [6, 6.07) is 16.9. The summed E-state index contributed by atoms with van der Waals surface area (Å²) in [7, 11) is 0. The van der Waals surface area contributed by atoms with Crippen molar-refractivity contribution in [2.75, 3.05) is 0 Å². The minimum Gasteiger partial charge on any atom is -0.502 e. The second-order valence-electron chi connectivity index (χ2n) is 7.25. The van der Waals surface area contributed by atoms with Gasteiger partial charge in [-0.15, -0.1) is 10.2 Å². The maximum atomic E-state index is 11.7. The third-order valence-corrected chi connectivity index (χ3v) is 5.95. The van der Waals surface area contributed by atoms with Crippen LogP contribution in [0.25, 0.3) is 17.1 Å². The SMILES string of the molecule is CC(C)c1ccccc1-n1c(SCc2cc(=O)c(O)co2)nnc1-c1ccc(Cl)cc1. The largest absolute Gasteiger partial charge is 0.502 e. The fraction of sp³-hybridized carbons (Fsp3) is 0.174. The van der Waals surface area contributed by atoms with Gasteiger partial charge in [0, 0.05) is 16.7 Å². The lowest BCUT2D eigenvalue weighted by molar-refractivity contribution is 0.419. The van der Waals surface area contributed by atoms with Gasteiger partial charge in [0.2, 0.25) is 5.43 Å². The summed E-state index contributed by atoms with van der Waals surface area (Å²) in [6.45, 7) is 4.28. The minimum atomic E-state index is -0.477. The van der Waals surface area contributed by atoms with Crippen molar-refractivity contribution in [3.05, 3.63) is 87.4 Å². The number of nitrogens with zero attached hydrogens (tertiary/aromatic N) is 3. The Kier molecular flexibility index (Phi) is 6.15. The molecule has 0 atom stereocenters. The van der Waals surface area contributed by atoms with Gasteiger partial charge >= 0.3 is 0 Å². The van der Waals surface area contributed by atoms with E-state index in [1.54, 1.807) is 0 Å². The van der Waals surface area contributed by atoms with Gasteiger partial charge in [0.05, 0.1) is 11.4 Å². The van der Waals surface area contributed by atoms with Crippen LogP contribution in [0.15, 0.2) is 75.2 Å². The van der Waals surface area contributed by atoms with Crippen LogP contribution in [0, 0.1) is 0 Å². The van der Waals surface area contributed by atoms with Crippen molar-refractivity contribution in [3.8, 4) is 22.8 Å². The van der Waals surface area contributed by atoms with Crippen molar-refractivity contribution < 1.29 is 9.52 Å². The zero-order valence-electron chi connectivity index (χ0n) is 16.9. The first-order chi connectivity index (χ1) is 14.9. The molecule has 0 radical (unpaired) electrons. The maximum Gasteiger partial charge on any atom is 0.226 e. The summed E-state index contributed by atoms with van der Waals surface area (Å²) in [6.07, 6.45) is 1.05. The highest BCUT2D eigenvalue weighted by Crippen LogP contribution is 2.33. The van der Waals surface area contributed by atoms with Gasteiger partial charge in [-0.2, -0.15) is 0 Å². The Balaban J connectivity index is 1.79. The number of aromatic nitrogens is 3. The van der Waals surface area contributed by atoms with Crippen LogP contribution in [-0.4, -0.2) is 19.9 Å².